The fourth-order valence-corrected chi connectivity index (χ4v) is 1.70. The molecule has 7 heteroatoms. The number of benzene rings is 1. The summed E-state index contributed by atoms with van der Waals surface area (Å²) in [5, 5.41) is 0.0160. The van der Waals surface area contributed by atoms with Crippen LogP contribution >= 0.6 is 11.6 Å². The number of nitrogens with two attached hydrogens (primary N) is 1. The van der Waals surface area contributed by atoms with E-state index in [1.807, 2.05) is 0 Å². The molecule has 0 saturated heterocycles. The first-order valence-electron chi connectivity index (χ1n) is 5.89. The van der Waals surface area contributed by atoms with E-state index in [-0.39, 0.29) is 16.4 Å². The summed E-state index contributed by atoms with van der Waals surface area (Å²) >= 11 is 5.65. The third kappa shape index (κ3) is 3.21. The first-order valence-corrected chi connectivity index (χ1v) is 6.27. The molecule has 106 valence electrons. The maximum Gasteiger partial charge on any atom is 0.278 e. The van der Waals surface area contributed by atoms with Crippen LogP contribution in [0.3, 0.4) is 0 Å². The van der Waals surface area contributed by atoms with Crippen molar-refractivity contribution in [3.63, 3.8) is 0 Å². The van der Waals surface area contributed by atoms with Crippen molar-refractivity contribution in [1.29, 1.82) is 0 Å². The zero-order valence-corrected chi connectivity index (χ0v) is 11.6. The maximum absolute atomic E-state index is 11.8. The van der Waals surface area contributed by atoms with Crippen LogP contribution in [0.5, 0.6) is 11.5 Å². The molecule has 0 spiro atoms. The number of rotatable bonds is 5. The van der Waals surface area contributed by atoms with E-state index in [4.69, 9.17) is 26.8 Å². The monoisotopic (exact) mass is 295 g/mol. The van der Waals surface area contributed by atoms with E-state index in [0.29, 0.717) is 18.9 Å². The van der Waals surface area contributed by atoms with E-state index in [1.54, 1.807) is 31.4 Å². The molecular formula is C13H14ClN3O3. The van der Waals surface area contributed by atoms with Crippen molar-refractivity contribution < 1.29 is 9.47 Å². The van der Waals surface area contributed by atoms with Crippen molar-refractivity contribution in [3.05, 3.63) is 46.1 Å². The average Bonchev–Trinajstić information content (AvgIpc) is 2.48. The molecule has 0 saturated carbocycles. The topological polar surface area (TPSA) is 79.4 Å². The highest BCUT2D eigenvalue weighted by atomic mass is 35.5. The van der Waals surface area contributed by atoms with Crippen LogP contribution in [-0.2, 0) is 6.54 Å². The molecule has 20 heavy (non-hydrogen) atoms. The van der Waals surface area contributed by atoms with Crippen LogP contribution in [-0.4, -0.2) is 23.3 Å². The summed E-state index contributed by atoms with van der Waals surface area (Å²) < 4.78 is 11.9. The van der Waals surface area contributed by atoms with E-state index >= 15 is 0 Å². The van der Waals surface area contributed by atoms with Gasteiger partial charge < -0.3 is 15.2 Å². The molecule has 0 unspecified atom stereocenters. The molecule has 6 nitrogen and oxygen atoms in total. The maximum atomic E-state index is 11.8. The van der Waals surface area contributed by atoms with Gasteiger partial charge in [0.2, 0.25) is 0 Å². The van der Waals surface area contributed by atoms with Crippen LogP contribution in [0.4, 0.5) is 5.69 Å². The second kappa shape index (κ2) is 6.29. The van der Waals surface area contributed by atoms with Gasteiger partial charge in [0.15, 0.2) is 5.15 Å². The predicted octanol–water partition coefficient (Wildman–Crippen LogP) is 1.57. The van der Waals surface area contributed by atoms with Gasteiger partial charge in [0.25, 0.3) is 5.56 Å². The molecule has 0 aliphatic rings. The lowest BCUT2D eigenvalue weighted by Crippen LogP contribution is -2.26. The zero-order chi connectivity index (χ0) is 14.5. The molecule has 0 atom stereocenters. The summed E-state index contributed by atoms with van der Waals surface area (Å²) in [6.07, 6.45) is 1.35. The molecule has 1 aromatic carbocycles. The first-order chi connectivity index (χ1) is 9.61. The van der Waals surface area contributed by atoms with Crippen molar-refractivity contribution >= 4 is 17.3 Å². The molecule has 0 aliphatic carbocycles. The van der Waals surface area contributed by atoms with Crippen molar-refractivity contribution in [3.8, 4) is 11.5 Å². The van der Waals surface area contributed by atoms with E-state index in [0.717, 1.165) is 5.75 Å². The Bertz CT molecular complexity index is 640. The minimum atomic E-state index is -0.372. The number of halogens is 1. The number of anilines is 1. The van der Waals surface area contributed by atoms with Crippen LogP contribution in [0.25, 0.3) is 0 Å². The highest BCUT2D eigenvalue weighted by Gasteiger charge is 2.06. The highest BCUT2D eigenvalue weighted by Crippen LogP contribution is 2.16. The molecule has 2 rings (SSSR count). The van der Waals surface area contributed by atoms with Gasteiger partial charge in [-0.15, -0.1) is 0 Å². The number of aromatic nitrogens is 2. The van der Waals surface area contributed by atoms with Gasteiger partial charge in [-0.2, -0.15) is 0 Å². The van der Waals surface area contributed by atoms with Gasteiger partial charge in [0.05, 0.1) is 20.0 Å². The number of hydrogen-bond donors (Lipinski definition) is 1. The highest BCUT2D eigenvalue weighted by molar-refractivity contribution is 6.31. The van der Waals surface area contributed by atoms with Crippen molar-refractivity contribution in [2.24, 2.45) is 0 Å². The Labute approximate surface area is 120 Å². The number of nitrogens with zero attached hydrogens (tertiary/aromatic N) is 2. The molecule has 0 aliphatic heterocycles. The van der Waals surface area contributed by atoms with Crippen LogP contribution in [0.15, 0.2) is 35.4 Å². The summed E-state index contributed by atoms with van der Waals surface area (Å²) in [5.41, 5.74) is 5.09. The van der Waals surface area contributed by atoms with Crippen molar-refractivity contribution in [2.45, 2.75) is 6.54 Å². The van der Waals surface area contributed by atoms with Crippen LogP contribution in [0.2, 0.25) is 5.15 Å². The van der Waals surface area contributed by atoms with Gasteiger partial charge in [-0.25, -0.2) is 4.98 Å². The van der Waals surface area contributed by atoms with E-state index in [2.05, 4.69) is 4.98 Å². The van der Waals surface area contributed by atoms with Crippen molar-refractivity contribution in [1.82, 2.24) is 9.55 Å². The van der Waals surface area contributed by atoms with Crippen LogP contribution < -0.4 is 20.8 Å². The van der Waals surface area contributed by atoms with Crippen molar-refractivity contribution in [2.75, 3.05) is 19.5 Å². The second-order valence-corrected chi connectivity index (χ2v) is 4.33. The SMILES string of the molecule is COc1ccc(OCCn2cnc(Cl)c(N)c2=O)cc1. The number of hydrogen-bond acceptors (Lipinski definition) is 5. The Hall–Kier alpha value is -2.21. The average molecular weight is 296 g/mol. The summed E-state index contributed by atoms with van der Waals surface area (Å²) in [7, 11) is 1.60. The lowest BCUT2D eigenvalue weighted by molar-refractivity contribution is 0.295. The Morgan fingerprint density at radius 2 is 1.95 bits per heavy atom. The molecule has 1 aromatic heterocycles. The third-order valence-electron chi connectivity index (χ3n) is 2.68. The van der Waals surface area contributed by atoms with Crippen LogP contribution in [0.1, 0.15) is 0 Å². The molecule has 2 N–H and O–H groups in total. The Balaban J connectivity index is 1.96. The van der Waals surface area contributed by atoms with Gasteiger partial charge >= 0.3 is 0 Å². The molecular weight excluding hydrogens is 282 g/mol. The predicted molar refractivity (Wildman–Crippen MR) is 76.4 cm³/mol. The van der Waals surface area contributed by atoms with Gasteiger partial charge in [-0.05, 0) is 24.3 Å². The lowest BCUT2D eigenvalue weighted by atomic mass is 10.3. The van der Waals surface area contributed by atoms with E-state index < -0.39 is 0 Å². The lowest BCUT2D eigenvalue weighted by Gasteiger charge is -2.09. The van der Waals surface area contributed by atoms with Crippen LogP contribution in [0, 0.1) is 0 Å². The Kier molecular flexibility index (Phi) is 4.47. The molecule has 0 radical (unpaired) electrons. The summed E-state index contributed by atoms with van der Waals surface area (Å²) in [4.78, 5) is 15.6. The summed E-state index contributed by atoms with van der Waals surface area (Å²) in [6.45, 7) is 0.647. The van der Waals surface area contributed by atoms with Gasteiger partial charge in [-0.1, -0.05) is 11.6 Å². The largest absolute Gasteiger partial charge is 0.497 e. The first kappa shape index (κ1) is 14.2. The molecule has 1 heterocycles. The second-order valence-electron chi connectivity index (χ2n) is 3.97. The molecule has 0 bridgehead atoms. The fraction of sp³-hybridized carbons (Fsp3) is 0.231. The van der Waals surface area contributed by atoms with E-state index in [1.165, 1.54) is 10.9 Å². The zero-order valence-electron chi connectivity index (χ0n) is 10.9. The van der Waals surface area contributed by atoms with E-state index in [9.17, 15) is 4.79 Å². The Morgan fingerprint density at radius 3 is 2.60 bits per heavy atom. The number of methoxy groups -OCH3 is 1. The quantitative estimate of drug-likeness (QED) is 0.847. The molecule has 0 amide bonds. The number of ether oxygens (including phenoxy) is 2. The third-order valence-corrected chi connectivity index (χ3v) is 2.99. The molecule has 0 fully saturated rings. The standard InChI is InChI=1S/C13H14ClN3O3/c1-19-9-2-4-10(5-3-9)20-7-6-17-8-16-12(14)11(15)13(17)18/h2-5,8H,6-7,15H2,1H3. The van der Waals surface area contributed by atoms with Gasteiger partial charge in [0, 0.05) is 0 Å². The summed E-state index contributed by atoms with van der Waals surface area (Å²) in [6, 6.07) is 7.17. The Morgan fingerprint density at radius 1 is 1.30 bits per heavy atom. The number of nitrogen functional groups attached to an aromatic ring is 1. The smallest absolute Gasteiger partial charge is 0.278 e. The fourth-order valence-electron chi connectivity index (χ4n) is 1.58. The van der Waals surface area contributed by atoms with Gasteiger partial charge in [0.1, 0.15) is 23.8 Å². The molecule has 2 aromatic rings. The summed E-state index contributed by atoms with van der Waals surface area (Å²) in [5.74, 6) is 1.44. The minimum Gasteiger partial charge on any atom is -0.497 e. The van der Waals surface area contributed by atoms with Gasteiger partial charge in [-0.3, -0.25) is 9.36 Å². The normalized spacial score (nSPS) is 10.3. The minimum absolute atomic E-state index is 0.0160.